The predicted octanol–water partition coefficient (Wildman–Crippen LogP) is 2.42. The lowest BCUT2D eigenvalue weighted by Crippen LogP contribution is -2.37. The van der Waals surface area contributed by atoms with Crippen molar-refractivity contribution in [2.75, 3.05) is 6.54 Å². The summed E-state index contributed by atoms with van der Waals surface area (Å²) in [6.07, 6.45) is 2.04. The second-order valence-electron chi connectivity index (χ2n) is 5.59. The van der Waals surface area contributed by atoms with Gasteiger partial charge >= 0.3 is 0 Å². The Hall–Kier alpha value is -1.35. The van der Waals surface area contributed by atoms with Crippen LogP contribution in [-0.2, 0) is 11.2 Å². The van der Waals surface area contributed by atoms with Gasteiger partial charge in [0.15, 0.2) is 0 Å². The second kappa shape index (κ2) is 6.20. The van der Waals surface area contributed by atoms with Crippen LogP contribution in [0.5, 0.6) is 0 Å². The number of nitrogens with zero attached hydrogens (tertiary/aromatic N) is 1. The molecule has 3 unspecified atom stereocenters. The molecule has 19 heavy (non-hydrogen) atoms. The van der Waals surface area contributed by atoms with E-state index in [1.165, 1.54) is 5.56 Å². The fourth-order valence-electron chi connectivity index (χ4n) is 2.55. The van der Waals surface area contributed by atoms with Crippen molar-refractivity contribution in [3.05, 3.63) is 35.9 Å². The fourth-order valence-corrected chi connectivity index (χ4v) is 2.55. The number of carbonyl (C=O) groups excluding carboxylic acids is 1. The van der Waals surface area contributed by atoms with Crippen LogP contribution in [0.1, 0.15) is 32.8 Å². The Morgan fingerprint density at radius 3 is 2.63 bits per heavy atom. The van der Waals surface area contributed by atoms with Crippen LogP contribution in [0.3, 0.4) is 0 Å². The minimum absolute atomic E-state index is 0.0681. The number of hydrogen-bond donors (Lipinski definition) is 1. The zero-order chi connectivity index (χ0) is 13.8. The Morgan fingerprint density at radius 1 is 1.32 bits per heavy atom. The Balaban J connectivity index is 1.99. The summed E-state index contributed by atoms with van der Waals surface area (Å²) in [4.78, 5) is 14.4. The first kappa shape index (κ1) is 14.1. The normalized spacial score (nSPS) is 24.8. The highest BCUT2D eigenvalue weighted by molar-refractivity contribution is 5.84. The molecule has 1 aromatic rings. The van der Waals surface area contributed by atoms with E-state index in [1.807, 2.05) is 23.1 Å². The maximum atomic E-state index is 12.4. The molecule has 3 atom stereocenters. The molecule has 0 aromatic heterocycles. The van der Waals surface area contributed by atoms with Gasteiger partial charge in [-0.1, -0.05) is 50.6 Å². The summed E-state index contributed by atoms with van der Waals surface area (Å²) in [5.41, 5.74) is 1.21. The van der Waals surface area contributed by atoms with E-state index in [0.29, 0.717) is 5.92 Å². The van der Waals surface area contributed by atoms with Gasteiger partial charge < -0.3 is 4.90 Å². The van der Waals surface area contributed by atoms with E-state index in [-0.39, 0.29) is 18.1 Å². The molecule has 1 amide bonds. The molecule has 1 aliphatic rings. The molecular weight excluding hydrogens is 236 g/mol. The van der Waals surface area contributed by atoms with Gasteiger partial charge in [-0.3, -0.25) is 10.1 Å². The molecule has 1 saturated heterocycles. The van der Waals surface area contributed by atoms with Gasteiger partial charge in [0.1, 0.15) is 0 Å². The van der Waals surface area contributed by atoms with Crippen LogP contribution in [0.4, 0.5) is 0 Å². The lowest BCUT2D eigenvalue weighted by atomic mass is 10.1. The summed E-state index contributed by atoms with van der Waals surface area (Å²) in [5, 5.41) is 3.41. The van der Waals surface area contributed by atoms with Gasteiger partial charge in [0, 0.05) is 6.54 Å². The molecule has 2 rings (SSSR count). The van der Waals surface area contributed by atoms with Crippen molar-refractivity contribution < 1.29 is 4.79 Å². The van der Waals surface area contributed by atoms with E-state index in [2.05, 4.69) is 38.2 Å². The second-order valence-corrected chi connectivity index (χ2v) is 5.59. The van der Waals surface area contributed by atoms with Gasteiger partial charge in [0.05, 0.1) is 12.2 Å². The number of nitrogens with one attached hydrogen (secondary N) is 1. The number of hydrogen-bond acceptors (Lipinski definition) is 2. The van der Waals surface area contributed by atoms with E-state index in [1.54, 1.807) is 0 Å². The van der Waals surface area contributed by atoms with Crippen LogP contribution in [0.2, 0.25) is 0 Å². The first-order chi connectivity index (χ1) is 9.11. The van der Waals surface area contributed by atoms with E-state index < -0.39 is 0 Å². The quantitative estimate of drug-likeness (QED) is 0.882. The van der Waals surface area contributed by atoms with Crippen LogP contribution in [0.15, 0.2) is 30.3 Å². The zero-order valence-corrected chi connectivity index (χ0v) is 12.1. The number of benzene rings is 1. The standard InChI is InChI=1S/C16H24N2O/c1-4-12(2)11-18-13(3)17-15(16(18)19)10-14-8-6-5-7-9-14/h5-9,12-13,15,17H,4,10-11H2,1-3H3. The minimum atomic E-state index is -0.0681. The van der Waals surface area contributed by atoms with Gasteiger partial charge in [-0.2, -0.15) is 0 Å². The molecule has 104 valence electrons. The van der Waals surface area contributed by atoms with Crippen molar-refractivity contribution in [2.24, 2.45) is 5.92 Å². The molecule has 1 heterocycles. The van der Waals surface area contributed by atoms with E-state index >= 15 is 0 Å². The molecule has 1 aliphatic heterocycles. The van der Waals surface area contributed by atoms with Gasteiger partial charge in [-0.05, 0) is 24.8 Å². The SMILES string of the molecule is CCC(C)CN1C(=O)C(Cc2ccccc2)NC1C. The highest BCUT2D eigenvalue weighted by atomic mass is 16.2. The predicted molar refractivity (Wildman–Crippen MR) is 77.7 cm³/mol. The van der Waals surface area contributed by atoms with Crippen molar-refractivity contribution in [1.82, 2.24) is 10.2 Å². The summed E-state index contributed by atoms with van der Waals surface area (Å²) in [5.74, 6) is 0.806. The summed E-state index contributed by atoms with van der Waals surface area (Å²) in [6, 6.07) is 10.1. The average Bonchev–Trinajstić information content (AvgIpc) is 2.67. The Labute approximate surface area is 116 Å². The topological polar surface area (TPSA) is 32.3 Å². The maximum Gasteiger partial charge on any atom is 0.241 e. The van der Waals surface area contributed by atoms with Crippen molar-refractivity contribution in [1.29, 1.82) is 0 Å². The molecule has 1 aromatic carbocycles. The Bertz CT molecular complexity index is 418. The first-order valence-corrected chi connectivity index (χ1v) is 7.22. The molecule has 0 bridgehead atoms. The fraction of sp³-hybridized carbons (Fsp3) is 0.562. The van der Waals surface area contributed by atoms with Crippen LogP contribution < -0.4 is 5.32 Å². The molecule has 0 saturated carbocycles. The lowest BCUT2D eigenvalue weighted by Gasteiger charge is -2.24. The third-order valence-corrected chi connectivity index (χ3v) is 3.98. The van der Waals surface area contributed by atoms with Crippen LogP contribution in [0, 0.1) is 5.92 Å². The van der Waals surface area contributed by atoms with Crippen LogP contribution in [0.25, 0.3) is 0 Å². The van der Waals surface area contributed by atoms with Crippen LogP contribution in [-0.4, -0.2) is 29.6 Å². The highest BCUT2D eigenvalue weighted by Crippen LogP contribution is 2.17. The third kappa shape index (κ3) is 3.35. The summed E-state index contributed by atoms with van der Waals surface area (Å²) >= 11 is 0. The first-order valence-electron chi connectivity index (χ1n) is 7.22. The van der Waals surface area contributed by atoms with Crippen molar-refractivity contribution in [3.63, 3.8) is 0 Å². The van der Waals surface area contributed by atoms with Gasteiger partial charge in [-0.15, -0.1) is 0 Å². The van der Waals surface area contributed by atoms with Gasteiger partial charge in [0.25, 0.3) is 0 Å². The number of rotatable bonds is 5. The maximum absolute atomic E-state index is 12.4. The van der Waals surface area contributed by atoms with E-state index in [4.69, 9.17) is 0 Å². The molecule has 0 radical (unpaired) electrons. The van der Waals surface area contributed by atoms with Crippen molar-refractivity contribution >= 4 is 5.91 Å². The summed E-state index contributed by atoms with van der Waals surface area (Å²) in [6.45, 7) is 7.30. The minimum Gasteiger partial charge on any atom is -0.326 e. The highest BCUT2D eigenvalue weighted by Gasteiger charge is 2.36. The molecule has 1 N–H and O–H groups in total. The van der Waals surface area contributed by atoms with Crippen molar-refractivity contribution in [2.45, 2.75) is 45.8 Å². The molecule has 0 spiro atoms. The van der Waals surface area contributed by atoms with Gasteiger partial charge in [-0.25, -0.2) is 0 Å². The summed E-state index contributed by atoms with van der Waals surface area (Å²) < 4.78 is 0. The number of carbonyl (C=O) groups is 1. The summed E-state index contributed by atoms with van der Waals surface area (Å²) in [7, 11) is 0. The molecule has 3 heteroatoms. The Morgan fingerprint density at radius 2 is 2.00 bits per heavy atom. The lowest BCUT2D eigenvalue weighted by molar-refractivity contribution is -0.130. The van der Waals surface area contributed by atoms with Gasteiger partial charge in [0.2, 0.25) is 5.91 Å². The number of amides is 1. The monoisotopic (exact) mass is 260 g/mol. The average molecular weight is 260 g/mol. The zero-order valence-electron chi connectivity index (χ0n) is 12.1. The smallest absolute Gasteiger partial charge is 0.241 e. The van der Waals surface area contributed by atoms with E-state index in [9.17, 15) is 4.79 Å². The largest absolute Gasteiger partial charge is 0.326 e. The Kier molecular flexibility index (Phi) is 4.59. The molecule has 1 fully saturated rings. The van der Waals surface area contributed by atoms with Crippen LogP contribution >= 0.6 is 0 Å². The molecule has 0 aliphatic carbocycles. The molecular formula is C16H24N2O. The van der Waals surface area contributed by atoms with Crippen molar-refractivity contribution in [3.8, 4) is 0 Å². The van der Waals surface area contributed by atoms with E-state index in [0.717, 1.165) is 19.4 Å². The third-order valence-electron chi connectivity index (χ3n) is 3.98. The molecule has 3 nitrogen and oxygen atoms in total.